The van der Waals surface area contributed by atoms with Gasteiger partial charge in [0.2, 0.25) is 5.69 Å². The van der Waals surface area contributed by atoms with Crippen LogP contribution in [0.1, 0.15) is 65.5 Å². The van der Waals surface area contributed by atoms with E-state index in [1.165, 1.54) is 26.0 Å². The quantitative estimate of drug-likeness (QED) is 0.0212. The summed E-state index contributed by atoms with van der Waals surface area (Å²) in [5.41, 5.74) is 9.39. The predicted octanol–water partition coefficient (Wildman–Crippen LogP) is 10.7. The molecule has 0 aromatic heterocycles. The van der Waals surface area contributed by atoms with Crippen molar-refractivity contribution in [2.45, 2.75) is 81.0 Å². The van der Waals surface area contributed by atoms with E-state index < -0.39 is 20.9 Å². The number of allylic oxidation sites excluding steroid dienone is 6. The molecule has 15 heteroatoms. The highest BCUT2D eigenvalue weighted by atomic mass is 32.2. The Morgan fingerprint density at radius 1 is 0.795 bits per heavy atom. The zero-order valence-corrected chi connectivity index (χ0v) is 43.1. The van der Waals surface area contributed by atoms with E-state index in [1.54, 1.807) is 6.07 Å². The second-order valence-corrected chi connectivity index (χ2v) is 21.5. The third kappa shape index (κ3) is 10.3. The van der Waals surface area contributed by atoms with Crippen LogP contribution in [0, 0.1) is 0 Å². The van der Waals surface area contributed by atoms with Gasteiger partial charge in [0.25, 0.3) is 0 Å². The van der Waals surface area contributed by atoms with Gasteiger partial charge in [-0.1, -0.05) is 92.7 Å². The van der Waals surface area contributed by atoms with Gasteiger partial charge in [-0.15, -0.1) is 0 Å². The molecule has 73 heavy (non-hydrogen) atoms. The molecule has 0 N–H and O–H groups in total. The minimum Gasteiger partial charge on any atom is -0.744 e. The summed E-state index contributed by atoms with van der Waals surface area (Å²) in [6.45, 7) is 12.8. The Bertz CT molecular complexity index is 3360. The smallest absolute Gasteiger partial charge is 0.302 e. The van der Waals surface area contributed by atoms with Crippen LogP contribution in [0.25, 0.3) is 21.5 Å². The van der Waals surface area contributed by atoms with E-state index in [2.05, 4.69) is 112 Å². The predicted molar refractivity (Wildman–Crippen MR) is 282 cm³/mol. The van der Waals surface area contributed by atoms with Crippen LogP contribution < -0.4 is 15.1 Å². The van der Waals surface area contributed by atoms with Crippen LogP contribution in [0.4, 0.5) is 22.7 Å². The average molecular weight is 1020 g/mol. The molecule has 1 unspecified atom stereocenters. The van der Waals surface area contributed by atoms with E-state index in [9.17, 15) is 27.8 Å². The molecule has 6 aromatic rings. The Labute approximate surface area is 430 Å². The van der Waals surface area contributed by atoms with Gasteiger partial charge in [0, 0.05) is 58.9 Å². The summed E-state index contributed by atoms with van der Waals surface area (Å²) in [6, 6.07) is 38.8. The Morgan fingerprint density at radius 2 is 1.44 bits per heavy atom. The molecule has 1 atom stereocenters. The van der Waals surface area contributed by atoms with Crippen molar-refractivity contribution < 1.29 is 51.2 Å². The molecule has 0 saturated carbocycles. The molecule has 6 aromatic carbocycles. The number of hydrogen-bond acceptors (Lipinski definition) is 13. The van der Waals surface area contributed by atoms with Crippen molar-refractivity contribution in [2.24, 2.45) is 0 Å². The van der Waals surface area contributed by atoms with Gasteiger partial charge in [0.1, 0.15) is 16.7 Å². The topological polar surface area (TPSA) is 161 Å². The number of hydrogen-bond donors (Lipinski definition) is 0. The Kier molecular flexibility index (Phi) is 14.6. The van der Waals surface area contributed by atoms with E-state index in [1.807, 2.05) is 72.8 Å². The number of fused-ring (bicyclic) bond motifs is 6. The highest BCUT2D eigenvalue weighted by molar-refractivity contribution is 7.94. The molecule has 0 spiro atoms. The largest absolute Gasteiger partial charge is 0.744 e. The zero-order chi connectivity index (χ0) is 51.7. The molecule has 0 fully saturated rings. The van der Waals surface area contributed by atoms with Gasteiger partial charge in [-0.25, -0.2) is 8.42 Å². The first kappa shape index (κ1) is 51.1. The summed E-state index contributed by atoms with van der Waals surface area (Å²) >= 11 is 0.850. The molecule has 1 aliphatic carbocycles. The summed E-state index contributed by atoms with van der Waals surface area (Å²) < 4.78 is 54.0. The molecule has 0 bridgehead atoms. The van der Waals surface area contributed by atoms with Crippen LogP contribution in [-0.4, -0.2) is 67.5 Å². The maximum atomic E-state index is 12.0. The van der Waals surface area contributed by atoms with Gasteiger partial charge in [0.15, 0.2) is 18.9 Å². The molecule has 9 rings (SSSR count). The first-order valence-corrected chi connectivity index (χ1v) is 26.2. The van der Waals surface area contributed by atoms with E-state index in [0.717, 1.165) is 102 Å². The lowest BCUT2D eigenvalue weighted by molar-refractivity contribution is -0.777. The van der Waals surface area contributed by atoms with Crippen LogP contribution >= 0.6 is 12.0 Å². The zero-order valence-electron chi connectivity index (χ0n) is 41.5. The molecule has 0 radical (unpaired) electrons. The van der Waals surface area contributed by atoms with Crippen LogP contribution in [0.5, 0.6) is 0 Å². The number of anilines is 3. The molecule has 0 saturated heterocycles. The van der Waals surface area contributed by atoms with Crippen molar-refractivity contribution >= 4 is 84.1 Å². The van der Waals surface area contributed by atoms with Gasteiger partial charge in [0.05, 0.1) is 40.6 Å². The van der Waals surface area contributed by atoms with E-state index in [-0.39, 0.29) is 36.1 Å². The number of nitrogens with zero attached hydrogens (tertiary/aromatic N) is 3. The van der Waals surface area contributed by atoms with Crippen molar-refractivity contribution in [3.8, 4) is 0 Å². The lowest BCUT2D eigenvalue weighted by atomic mass is 9.78. The molecular weight excluding hydrogens is 963 g/mol. The van der Waals surface area contributed by atoms with Gasteiger partial charge >= 0.3 is 11.9 Å². The number of esters is 2. The summed E-state index contributed by atoms with van der Waals surface area (Å²) in [7, 11) is -4.66. The van der Waals surface area contributed by atoms with Crippen LogP contribution in [0.3, 0.4) is 0 Å². The second kappa shape index (κ2) is 20.9. The van der Waals surface area contributed by atoms with Crippen LogP contribution in [-0.2, 0) is 49.4 Å². The highest BCUT2D eigenvalue weighted by Crippen LogP contribution is 2.50. The summed E-state index contributed by atoms with van der Waals surface area (Å²) in [5, 5.41) is 17.7. The number of rotatable bonds is 17. The van der Waals surface area contributed by atoms with Crippen molar-refractivity contribution in [2.75, 3.05) is 36.1 Å². The minimum atomic E-state index is -4.66. The monoisotopic (exact) mass is 1020 g/mol. The molecule has 3 aliphatic rings. The fourth-order valence-electron chi connectivity index (χ4n) is 11.0. The Morgan fingerprint density at radius 3 is 2.11 bits per heavy atom. The number of ether oxygens (including phenoxy) is 2. The number of benzene rings is 6. The lowest BCUT2D eigenvalue weighted by Gasteiger charge is -2.32. The minimum absolute atomic E-state index is 0.167. The fraction of sp³-hybridized carbons (Fsp3) is 0.259. The van der Waals surface area contributed by atoms with E-state index in [4.69, 9.17) is 9.47 Å². The maximum Gasteiger partial charge on any atom is 0.302 e. The first-order chi connectivity index (χ1) is 35.0. The molecule has 13 nitrogen and oxygen atoms in total. The maximum absolute atomic E-state index is 12.0. The second-order valence-electron chi connectivity index (χ2n) is 19.4. The third-order valence-corrected chi connectivity index (χ3v) is 15.5. The van der Waals surface area contributed by atoms with Crippen LogP contribution in [0.15, 0.2) is 178 Å². The highest BCUT2D eigenvalue weighted by Gasteiger charge is 2.46. The average Bonchev–Trinajstić information content (AvgIpc) is 3.93. The SMILES string of the molecule is CC(=O)OCCN1c2ccc3cc(S(=O)(=O)[O-])ccc3c2C(C)(C)C1/C=C/C=C1\CCC(/C=C/C2=[N+](CCOC(C)=O)c3ccc4cc(SOO[O-])ccc4c3C2(C)C)=C1N(c1ccccc1)c1ccccc1. The number of carbonyl (C=O) groups is 2. The van der Waals surface area contributed by atoms with Crippen molar-refractivity contribution in [1.82, 2.24) is 0 Å². The van der Waals surface area contributed by atoms with Crippen molar-refractivity contribution in [3.63, 3.8) is 0 Å². The molecular formula is C58H56N3O10S2-. The van der Waals surface area contributed by atoms with Gasteiger partial charge in [-0.05, 0) is 126 Å². The summed E-state index contributed by atoms with van der Waals surface area (Å²) in [6.07, 6.45) is 12.4. The molecule has 2 heterocycles. The van der Waals surface area contributed by atoms with Gasteiger partial charge < -0.3 is 29.1 Å². The van der Waals surface area contributed by atoms with Gasteiger partial charge in [-0.3, -0.25) is 14.6 Å². The summed E-state index contributed by atoms with van der Waals surface area (Å²) in [4.78, 5) is 29.0. The standard InChI is InChI=1S/C58H57N3O10S2/c1-38(62)68-34-32-59-50-30-23-43-37-47(73(65,66)67)26-28-49(43)55(50)57(3,4)52(59)19-13-14-40-20-21-41(56(40)61(44-15-9-7-10-16-44)45-17-11-8-12-18-45)24-31-53-58(5,6)54-48-27-25-46(72-71-70-64)36-42(48)22-29-51(54)60(53)33-35-69-39(2)63/h7-19,22-31,36-37,52H,20-21,32-35H2,1-6H3,(H-,64,65,66,67)/p-1/b19-13+,40-14+. The van der Waals surface area contributed by atoms with Crippen molar-refractivity contribution in [1.29, 1.82) is 0 Å². The first-order valence-electron chi connectivity index (χ1n) is 24.1. The Balaban J connectivity index is 1.16. The Hall–Kier alpha value is -6.85. The fourth-order valence-corrected chi connectivity index (χ4v) is 11.9. The summed E-state index contributed by atoms with van der Waals surface area (Å²) in [5.74, 6) is -0.720. The van der Waals surface area contributed by atoms with E-state index in [0.29, 0.717) is 18.5 Å². The van der Waals surface area contributed by atoms with Gasteiger partial charge in [-0.2, -0.15) is 8.91 Å². The van der Waals surface area contributed by atoms with Crippen molar-refractivity contribution in [3.05, 3.63) is 180 Å². The normalized spacial score (nSPS) is 17.7. The molecule has 2 aliphatic heterocycles. The third-order valence-electron chi connectivity index (χ3n) is 14.1. The van der Waals surface area contributed by atoms with Crippen LogP contribution in [0.2, 0.25) is 0 Å². The molecule has 376 valence electrons. The van der Waals surface area contributed by atoms with E-state index >= 15 is 0 Å². The number of carbonyl (C=O) groups excluding carboxylic acids is 2. The lowest BCUT2D eigenvalue weighted by Crippen LogP contribution is -2.41. The number of para-hydroxylation sites is 2. The molecule has 0 amide bonds.